The minimum Gasteiger partial charge on any atom is -0.744 e. The fourth-order valence-corrected chi connectivity index (χ4v) is 4.70. The van der Waals surface area contributed by atoms with Gasteiger partial charge in [-0.25, -0.2) is 8.42 Å². The van der Waals surface area contributed by atoms with Gasteiger partial charge in [0.25, 0.3) is 0 Å². The zero-order valence-corrected chi connectivity index (χ0v) is 22.4. The Kier molecular flexibility index (Phi) is 8.12. The van der Waals surface area contributed by atoms with Gasteiger partial charge in [-0.3, -0.25) is 4.79 Å². The molecular weight excluding hydrogens is 547 g/mol. The molecular formula is C21H15Br2NaO5S. The Morgan fingerprint density at radius 3 is 2.27 bits per heavy atom. The van der Waals surface area contributed by atoms with E-state index in [9.17, 15) is 22.9 Å². The van der Waals surface area contributed by atoms with Crippen molar-refractivity contribution in [3.8, 4) is 5.75 Å². The molecule has 0 aromatic heterocycles. The minimum atomic E-state index is -4.64. The molecule has 3 rings (SSSR count). The monoisotopic (exact) mass is 560 g/mol. The zero-order valence-electron chi connectivity index (χ0n) is 16.4. The predicted molar refractivity (Wildman–Crippen MR) is 117 cm³/mol. The van der Waals surface area contributed by atoms with E-state index in [-0.39, 0.29) is 46.0 Å². The van der Waals surface area contributed by atoms with Crippen molar-refractivity contribution in [3.63, 3.8) is 0 Å². The number of carbonyl (C=O) groups excluding carboxylic acids is 1. The van der Waals surface area contributed by atoms with Gasteiger partial charge >= 0.3 is 29.6 Å². The Labute approximate surface area is 213 Å². The molecule has 1 N–H and O–H groups in total. The predicted octanol–water partition coefficient (Wildman–Crippen LogP) is 1.98. The van der Waals surface area contributed by atoms with Gasteiger partial charge in [0.1, 0.15) is 15.9 Å². The minimum absolute atomic E-state index is 0. The number of ketones is 1. The first kappa shape index (κ1) is 25.3. The molecule has 0 saturated carbocycles. The van der Waals surface area contributed by atoms with Crippen molar-refractivity contribution in [3.05, 3.63) is 85.3 Å². The van der Waals surface area contributed by atoms with E-state index in [4.69, 9.17) is 0 Å². The summed E-state index contributed by atoms with van der Waals surface area (Å²) in [7, 11) is -4.64. The van der Waals surface area contributed by atoms with E-state index in [0.717, 1.165) is 0 Å². The fraction of sp³-hybridized carbons (Fsp3) is 0.0952. The van der Waals surface area contributed by atoms with Crippen molar-refractivity contribution in [2.75, 3.05) is 0 Å². The number of hydrogen-bond donors (Lipinski definition) is 1. The number of halogens is 2. The first-order chi connectivity index (χ1) is 13.5. The molecule has 0 saturated heterocycles. The van der Waals surface area contributed by atoms with Crippen LogP contribution in [0.1, 0.15) is 23.6 Å². The van der Waals surface area contributed by atoms with Crippen LogP contribution in [0, 0.1) is 6.92 Å². The number of aryl methyl sites for hydroxylation is 1. The summed E-state index contributed by atoms with van der Waals surface area (Å²) in [5, 5.41) is 10.1. The van der Waals surface area contributed by atoms with Crippen LogP contribution in [0.4, 0.5) is 0 Å². The van der Waals surface area contributed by atoms with Gasteiger partial charge in [-0.15, -0.1) is 0 Å². The van der Waals surface area contributed by atoms with Gasteiger partial charge in [0.15, 0.2) is 5.78 Å². The molecule has 150 valence electrons. The average molecular weight is 562 g/mol. The zero-order chi connectivity index (χ0) is 21.5. The molecule has 0 atom stereocenters. The normalized spacial score (nSPS) is 15.8. The summed E-state index contributed by atoms with van der Waals surface area (Å²) in [5.74, 6) is -0.0525. The van der Waals surface area contributed by atoms with E-state index in [1.54, 1.807) is 44.2 Å². The van der Waals surface area contributed by atoms with Crippen LogP contribution in [0.3, 0.4) is 0 Å². The summed E-state index contributed by atoms with van der Waals surface area (Å²) < 4.78 is 35.4. The maximum atomic E-state index is 12.1. The van der Waals surface area contributed by atoms with Crippen LogP contribution in [-0.4, -0.2) is 23.9 Å². The van der Waals surface area contributed by atoms with Crippen LogP contribution in [0.2, 0.25) is 0 Å². The number of hydrogen-bond acceptors (Lipinski definition) is 5. The molecule has 2 aromatic rings. The van der Waals surface area contributed by atoms with Crippen molar-refractivity contribution in [2.24, 2.45) is 0 Å². The second-order valence-corrected chi connectivity index (χ2v) is 9.67. The second kappa shape index (κ2) is 9.65. The number of benzene rings is 2. The number of allylic oxidation sites excluding steroid dienone is 5. The topological polar surface area (TPSA) is 94.5 Å². The average Bonchev–Trinajstić information content (AvgIpc) is 2.64. The molecule has 9 heteroatoms. The Bertz CT molecular complexity index is 1200. The summed E-state index contributed by atoms with van der Waals surface area (Å²) in [6, 6.07) is 9.18. The molecule has 5 nitrogen and oxygen atoms in total. The number of Topliss-reactive ketones (excluding diaryl/α,β-unsaturated/α-hetero) is 1. The van der Waals surface area contributed by atoms with Crippen molar-refractivity contribution in [1.82, 2.24) is 0 Å². The first-order valence-electron chi connectivity index (χ1n) is 8.39. The van der Waals surface area contributed by atoms with Gasteiger partial charge in [-0.1, -0.05) is 12.1 Å². The van der Waals surface area contributed by atoms with Gasteiger partial charge in [-0.05, 0) is 116 Å². The molecule has 0 amide bonds. The maximum Gasteiger partial charge on any atom is 1.00 e. The van der Waals surface area contributed by atoms with E-state index in [0.29, 0.717) is 42.4 Å². The second-order valence-electron chi connectivity index (χ2n) is 6.58. The number of phenols is 1. The number of rotatable bonds is 3. The van der Waals surface area contributed by atoms with E-state index in [2.05, 4.69) is 31.9 Å². The molecule has 0 radical (unpaired) electrons. The van der Waals surface area contributed by atoms with E-state index in [1.165, 1.54) is 18.2 Å². The summed E-state index contributed by atoms with van der Waals surface area (Å²) in [6.45, 7) is 3.42. The number of phenolic OH excluding ortho intramolecular Hbond substituents is 1. The van der Waals surface area contributed by atoms with Crippen LogP contribution >= 0.6 is 31.9 Å². The molecule has 0 aliphatic heterocycles. The molecule has 0 unspecified atom stereocenters. The smallest absolute Gasteiger partial charge is 0.744 e. The molecule has 1 aliphatic carbocycles. The van der Waals surface area contributed by atoms with Crippen molar-refractivity contribution < 1.29 is 52.4 Å². The largest absolute Gasteiger partial charge is 1.00 e. The Morgan fingerprint density at radius 2 is 1.70 bits per heavy atom. The van der Waals surface area contributed by atoms with E-state index < -0.39 is 10.1 Å². The van der Waals surface area contributed by atoms with Crippen LogP contribution in [0.5, 0.6) is 5.75 Å². The van der Waals surface area contributed by atoms with E-state index >= 15 is 0 Å². The molecule has 0 bridgehead atoms. The summed E-state index contributed by atoms with van der Waals surface area (Å²) in [4.78, 5) is 11.8. The molecule has 0 spiro atoms. The van der Waals surface area contributed by atoms with Crippen LogP contribution in [0.25, 0.3) is 5.57 Å². The Morgan fingerprint density at radius 1 is 1.03 bits per heavy atom. The molecule has 1 aliphatic rings. The van der Waals surface area contributed by atoms with Gasteiger partial charge in [0.05, 0.1) is 13.9 Å². The molecule has 0 heterocycles. The number of carbonyl (C=O) groups is 1. The fourth-order valence-electron chi connectivity index (χ4n) is 3.06. The number of aromatic hydroxyl groups is 1. The van der Waals surface area contributed by atoms with Crippen LogP contribution in [0.15, 0.2) is 73.5 Å². The molecule has 2 aromatic carbocycles. The maximum absolute atomic E-state index is 12.1. The van der Waals surface area contributed by atoms with Gasteiger partial charge in [0.2, 0.25) is 0 Å². The van der Waals surface area contributed by atoms with Gasteiger partial charge in [0, 0.05) is 0 Å². The van der Waals surface area contributed by atoms with Gasteiger partial charge in [-0.2, -0.15) is 0 Å². The Balaban J connectivity index is 0.00000320. The van der Waals surface area contributed by atoms with Crippen LogP contribution < -0.4 is 29.6 Å². The van der Waals surface area contributed by atoms with Crippen molar-refractivity contribution in [2.45, 2.75) is 18.7 Å². The summed E-state index contributed by atoms with van der Waals surface area (Å²) in [6.07, 6.45) is 3.36. The van der Waals surface area contributed by atoms with E-state index in [1.807, 2.05) is 0 Å². The molecule has 30 heavy (non-hydrogen) atoms. The van der Waals surface area contributed by atoms with Crippen LogP contribution in [-0.2, 0) is 14.9 Å². The third-order valence-electron chi connectivity index (χ3n) is 4.47. The summed E-state index contributed by atoms with van der Waals surface area (Å²) in [5.41, 5.74) is 3.56. The SMILES string of the molecule is CC1=CC(=C(c2cccc(S(=O)(=O)[O-])c2)c2cc(C)c(O)c(Br)c2)C=C(Br)C1=O.[Na+]. The van der Waals surface area contributed by atoms with Crippen molar-refractivity contribution in [1.29, 1.82) is 0 Å². The van der Waals surface area contributed by atoms with Crippen molar-refractivity contribution >= 4 is 53.3 Å². The third kappa shape index (κ3) is 5.24. The Hall–Kier alpha value is -1.000. The third-order valence-corrected chi connectivity index (χ3v) is 6.50. The molecule has 0 fully saturated rings. The quantitative estimate of drug-likeness (QED) is 0.457. The standard InChI is InChI=1S/C21H16Br2O5S.Na/c1-11-6-14(9-17(22)20(11)24)19(15-7-12(2)21(25)18(23)10-15)13-4-3-5-16(8-13)29(26,27)28;/h3-10,24H,1-2H3,(H,26,27,28);/q;+1/p-1. The van der Waals surface area contributed by atoms with Gasteiger partial charge < -0.3 is 9.66 Å². The first-order valence-corrected chi connectivity index (χ1v) is 11.4. The summed E-state index contributed by atoms with van der Waals surface area (Å²) >= 11 is 6.60.